The van der Waals surface area contributed by atoms with Crippen molar-refractivity contribution in [2.75, 3.05) is 40.3 Å². The predicted octanol–water partition coefficient (Wildman–Crippen LogP) is 1.60. The lowest BCUT2D eigenvalue weighted by Gasteiger charge is -2.25. The Morgan fingerprint density at radius 3 is 2.18 bits per heavy atom. The van der Waals surface area contributed by atoms with Crippen molar-refractivity contribution >= 4 is 5.91 Å². The molecule has 0 atom stereocenters. The highest BCUT2D eigenvalue weighted by Crippen LogP contribution is 2.07. The Hall–Kier alpha value is -0.610. The molecule has 0 radical (unpaired) electrons. The minimum absolute atomic E-state index is 0.0844. The van der Waals surface area contributed by atoms with Crippen molar-refractivity contribution in [1.29, 1.82) is 0 Å². The maximum atomic E-state index is 11.9. The van der Waals surface area contributed by atoms with Crippen LogP contribution in [0.4, 0.5) is 0 Å². The van der Waals surface area contributed by atoms with Crippen LogP contribution in [0.25, 0.3) is 0 Å². The molecule has 102 valence electrons. The molecule has 0 aliphatic heterocycles. The van der Waals surface area contributed by atoms with Crippen LogP contribution in [0.3, 0.4) is 0 Å². The van der Waals surface area contributed by atoms with E-state index in [1.165, 1.54) is 0 Å². The molecule has 0 rings (SSSR count). The summed E-state index contributed by atoms with van der Waals surface area (Å²) in [4.78, 5) is 15.9. The number of carbonyl (C=O) groups is 1. The van der Waals surface area contributed by atoms with E-state index in [-0.39, 0.29) is 18.1 Å². The summed E-state index contributed by atoms with van der Waals surface area (Å²) in [6.45, 7) is 10.6. The van der Waals surface area contributed by atoms with E-state index in [2.05, 4.69) is 4.90 Å². The summed E-state index contributed by atoms with van der Waals surface area (Å²) in [7, 11) is 4.08. The van der Waals surface area contributed by atoms with Gasteiger partial charge >= 0.3 is 0 Å². The smallest absolute Gasteiger partial charge is 0.248 e. The lowest BCUT2D eigenvalue weighted by Crippen LogP contribution is -2.37. The Balaban J connectivity index is 3.96. The molecule has 17 heavy (non-hydrogen) atoms. The zero-order valence-electron chi connectivity index (χ0n) is 12.2. The second kappa shape index (κ2) is 7.67. The predicted molar refractivity (Wildman–Crippen MR) is 71.1 cm³/mol. The molecule has 4 heteroatoms. The van der Waals surface area contributed by atoms with Crippen LogP contribution >= 0.6 is 0 Å². The van der Waals surface area contributed by atoms with Crippen LogP contribution in [-0.4, -0.2) is 61.6 Å². The van der Waals surface area contributed by atoms with Gasteiger partial charge in [0.05, 0.1) is 5.60 Å². The molecular weight excluding hydrogens is 216 g/mol. The van der Waals surface area contributed by atoms with Crippen LogP contribution in [-0.2, 0) is 9.53 Å². The molecule has 0 fully saturated rings. The molecule has 0 aromatic rings. The molecule has 0 aliphatic carbocycles. The summed E-state index contributed by atoms with van der Waals surface area (Å²) < 4.78 is 5.50. The average Bonchev–Trinajstić information content (AvgIpc) is 2.19. The Labute approximate surface area is 106 Å². The van der Waals surface area contributed by atoms with Crippen molar-refractivity contribution in [2.24, 2.45) is 0 Å². The minimum Gasteiger partial charge on any atom is -0.366 e. The molecule has 0 heterocycles. The Bertz CT molecular complexity index is 222. The first-order chi connectivity index (χ1) is 7.76. The van der Waals surface area contributed by atoms with Gasteiger partial charge in [0.2, 0.25) is 5.91 Å². The quantitative estimate of drug-likeness (QED) is 0.682. The molecule has 0 saturated heterocycles. The SMILES string of the molecule is CCN(CCCN(C)C)C(=O)COC(C)(C)C. The summed E-state index contributed by atoms with van der Waals surface area (Å²) in [6, 6.07) is 0. The fraction of sp³-hybridized carbons (Fsp3) is 0.923. The van der Waals surface area contributed by atoms with Gasteiger partial charge in [0.1, 0.15) is 6.61 Å². The molecule has 1 amide bonds. The van der Waals surface area contributed by atoms with E-state index in [4.69, 9.17) is 4.74 Å². The monoisotopic (exact) mass is 244 g/mol. The Morgan fingerprint density at radius 1 is 1.18 bits per heavy atom. The zero-order chi connectivity index (χ0) is 13.5. The molecule has 0 bridgehead atoms. The number of hydrogen-bond acceptors (Lipinski definition) is 3. The van der Waals surface area contributed by atoms with E-state index >= 15 is 0 Å². The van der Waals surface area contributed by atoms with E-state index in [9.17, 15) is 4.79 Å². The van der Waals surface area contributed by atoms with E-state index in [0.717, 1.165) is 26.1 Å². The van der Waals surface area contributed by atoms with Crippen LogP contribution in [0.5, 0.6) is 0 Å². The highest BCUT2D eigenvalue weighted by atomic mass is 16.5. The maximum absolute atomic E-state index is 11.9. The number of ether oxygens (including phenoxy) is 1. The first-order valence-electron chi connectivity index (χ1n) is 6.32. The normalized spacial score (nSPS) is 11.9. The second-order valence-corrected chi connectivity index (χ2v) is 5.53. The molecule has 0 saturated carbocycles. The summed E-state index contributed by atoms with van der Waals surface area (Å²) >= 11 is 0. The topological polar surface area (TPSA) is 32.8 Å². The van der Waals surface area contributed by atoms with Crippen LogP contribution in [0, 0.1) is 0 Å². The number of carbonyl (C=O) groups excluding carboxylic acids is 1. The van der Waals surface area contributed by atoms with Crippen molar-refractivity contribution in [1.82, 2.24) is 9.80 Å². The van der Waals surface area contributed by atoms with Crippen LogP contribution in [0.2, 0.25) is 0 Å². The third-order valence-electron chi connectivity index (χ3n) is 2.40. The van der Waals surface area contributed by atoms with Crippen LogP contribution in [0.1, 0.15) is 34.1 Å². The first-order valence-corrected chi connectivity index (χ1v) is 6.32. The first kappa shape index (κ1) is 16.4. The van der Waals surface area contributed by atoms with E-state index < -0.39 is 0 Å². The van der Waals surface area contributed by atoms with Gasteiger partial charge in [0.15, 0.2) is 0 Å². The number of amides is 1. The minimum atomic E-state index is -0.251. The second-order valence-electron chi connectivity index (χ2n) is 5.53. The van der Waals surface area contributed by atoms with Crippen LogP contribution < -0.4 is 0 Å². The molecular formula is C13H28N2O2. The summed E-state index contributed by atoms with van der Waals surface area (Å²) in [5.74, 6) is 0.0844. The van der Waals surface area contributed by atoms with Gasteiger partial charge in [-0.15, -0.1) is 0 Å². The molecule has 0 spiro atoms. The van der Waals surface area contributed by atoms with Crippen molar-refractivity contribution in [3.05, 3.63) is 0 Å². The summed E-state index contributed by atoms with van der Waals surface area (Å²) in [5.41, 5.74) is -0.251. The molecule has 0 unspecified atom stereocenters. The van der Waals surface area contributed by atoms with E-state index in [1.54, 1.807) is 0 Å². The van der Waals surface area contributed by atoms with Crippen molar-refractivity contribution in [3.8, 4) is 0 Å². The van der Waals surface area contributed by atoms with Gasteiger partial charge in [0.25, 0.3) is 0 Å². The lowest BCUT2D eigenvalue weighted by atomic mass is 10.2. The lowest BCUT2D eigenvalue weighted by molar-refractivity contribution is -0.140. The number of hydrogen-bond donors (Lipinski definition) is 0. The highest BCUT2D eigenvalue weighted by Gasteiger charge is 2.16. The zero-order valence-corrected chi connectivity index (χ0v) is 12.2. The standard InChI is InChI=1S/C13H28N2O2/c1-7-15(10-8-9-14(5)6)12(16)11-17-13(2,3)4/h7-11H2,1-6H3. The summed E-state index contributed by atoms with van der Waals surface area (Å²) in [5, 5.41) is 0. The van der Waals surface area contributed by atoms with Gasteiger partial charge in [-0.2, -0.15) is 0 Å². The molecule has 0 aliphatic rings. The third kappa shape index (κ3) is 9.12. The van der Waals surface area contributed by atoms with Crippen LogP contribution in [0.15, 0.2) is 0 Å². The number of nitrogens with zero attached hydrogens (tertiary/aromatic N) is 2. The fourth-order valence-corrected chi connectivity index (χ4v) is 1.41. The third-order valence-corrected chi connectivity index (χ3v) is 2.40. The summed E-state index contributed by atoms with van der Waals surface area (Å²) in [6.07, 6.45) is 1.00. The van der Waals surface area contributed by atoms with Crippen molar-refractivity contribution in [3.63, 3.8) is 0 Å². The largest absolute Gasteiger partial charge is 0.366 e. The maximum Gasteiger partial charge on any atom is 0.248 e. The number of likely N-dealkylation sites (N-methyl/N-ethyl adjacent to an activating group) is 1. The molecule has 0 aromatic heterocycles. The van der Waals surface area contributed by atoms with Crippen molar-refractivity contribution < 1.29 is 9.53 Å². The van der Waals surface area contributed by atoms with Gasteiger partial charge in [0, 0.05) is 13.1 Å². The Kier molecular flexibility index (Phi) is 7.39. The van der Waals surface area contributed by atoms with E-state index in [1.807, 2.05) is 46.7 Å². The van der Waals surface area contributed by atoms with E-state index in [0.29, 0.717) is 0 Å². The molecule has 4 nitrogen and oxygen atoms in total. The van der Waals surface area contributed by atoms with Gasteiger partial charge in [-0.25, -0.2) is 0 Å². The highest BCUT2D eigenvalue weighted by molar-refractivity contribution is 5.77. The van der Waals surface area contributed by atoms with Gasteiger partial charge in [-0.05, 0) is 54.8 Å². The van der Waals surface area contributed by atoms with Gasteiger partial charge in [-0.3, -0.25) is 4.79 Å². The van der Waals surface area contributed by atoms with Crippen molar-refractivity contribution in [2.45, 2.75) is 39.7 Å². The molecule has 0 aromatic carbocycles. The average molecular weight is 244 g/mol. The fourth-order valence-electron chi connectivity index (χ4n) is 1.41. The van der Waals surface area contributed by atoms with Gasteiger partial charge in [-0.1, -0.05) is 0 Å². The van der Waals surface area contributed by atoms with Gasteiger partial charge < -0.3 is 14.5 Å². The molecule has 0 N–H and O–H groups in total. The Morgan fingerprint density at radius 2 is 1.76 bits per heavy atom. The number of rotatable bonds is 7.